The lowest BCUT2D eigenvalue weighted by atomic mass is 10.1. The summed E-state index contributed by atoms with van der Waals surface area (Å²) in [5.74, 6) is -3.53. The van der Waals surface area contributed by atoms with Crippen molar-refractivity contribution >= 4 is 23.7 Å². The molecule has 0 aliphatic heterocycles. The van der Waals surface area contributed by atoms with Crippen molar-refractivity contribution in [3.05, 3.63) is 35.6 Å². The molecule has 1 aromatic rings. The SMILES string of the molecule is COCC(NC(=O)C(CC(N)=O)NC(=O)Cc1cccc(F)c1)C(=O)OC. The summed E-state index contributed by atoms with van der Waals surface area (Å²) in [7, 11) is 2.46. The molecule has 0 saturated heterocycles. The number of rotatable bonds is 10. The van der Waals surface area contributed by atoms with Crippen LogP contribution in [0.25, 0.3) is 0 Å². The summed E-state index contributed by atoms with van der Waals surface area (Å²) >= 11 is 0. The molecule has 3 amide bonds. The number of carbonyl (C=O) groups excluding carboxylic acids is 4. The van der Waals surface area contributed by atoms with Crippen LogP contribution in [0.2, 0.25) is 0 Å². The largest absolute Gasteiger partial charge is 0.467 e. The molecule has 1 aromatic carbocycles. The van der Waals surface area contributed by atoms with E-state index in [0.717, 1.165) is 7.11 Å². The summed E-state index contributed by atoms with van der Waals surface area (Å²) in [5.41, 5.74) is 5.51. The Bertz CT molecular complexity index is 697. The smallest absolute Gasteiger partial charge is 0.330 e. The van der Waals surface area contributed by atoms with Crippen LogP contribution < -0.4 is 16.4 Å². The third-order valence-electron chi connectivity index (χ3n) is 3.45. The molecule has 0 fully saturated rings. The van der Waals surface area contributed by atoms with Crippen LogP contribution >= 0.6 is 0 Å². The maximum atomic E-state index is 13.2. The summed E-state index contributed by atoms with van der Waals surface area (Å²) in [6.45, 7) is -0.168. The van der Waals surface area contributed by atoms with Gasteiger partial charge in [0.1, 0.15) is 11.9 Å². The monoisotopic (exact) mass is 383 g/mol. The van der Waals surface area contributed by atoms with E-state index in [1.807, 2.05) is 0 Å². The van der Waals surface area contributed by atoms with Crippen LogP contribution in [0.3, 0.4) is 0 Å². The molecule has 0 radical (unpaired) electrons. The number of hydrogen-bond acceptors (Lipinski definition) is 6. The first-order valence-electron chi connectivity index (χ1n) is 7.96. The van der Waals surface area contributed by atoms with Gasteiger partial charge in [-0.3, -0.25) is 14.4 Å². The maximum absolute atomic E-state index is 13.2. The second-order valence-corrected chi connectivity index (χ2v) is 5.64. The number of benzene rings is 1. The summed E-state index contributed by atoms with van der Waals surface area (Å²) in [4.78, 5) is 47.4. The first-order chi connectivity index (χ1) is 12.8. The third-order valence-corrected chi connectivity index (χ3v) is 3.45. The predicted octanol–water partition coefficient (Wildman–Crippen LogP) is -0.967. The molecule has 4 N–H and O–H groups in total. The fourth-order valence-electron chi connectivity index (χ4n) is 2.24. The van der Waals surface area contributed by atoms with E-state index in [2.05, 4.69) is 15.4 Å². The number of nitrogens with one attached hydrogen (secondary N) is 2. The minimum atomic E-state index is -1.31. The van der Waals surface area contributed by atoms with Gasteiger partial charge in [-0.05, 0) is 17.7 Å². The normalized spacial score (nSPS) is 12.6. The lowest BCUT2D eigenvalue weighted by Crippen LogP contribution is -2.54. The van der Waals surface area contributed by atoms with E-state index in [9.17, 15) is 23.6 Å². The molecule has 9 nitrogen and oxygen atoms in total. The zero-order valence-electron chi connectivity index (χ0n) is 15.0. The highest BCUT2D eigenvalue weighted by atomic mass is 19.1. The Morgan fingerprint density at radius 3 is 2.41 bits per heavy atom. The van der Waals surface area contributed by atoms with Crippen molar-refractivity contribution in [2.75, 3.05) is 20.8 Å². The number of ether oxygens (including phenoxy) is 2. The topological polar surface area (TPSA) is 137 Å². The van der Waals surface area contributed by atoms with E-state index in [4.69, 9.17) is 10.5 Å². The quantitative estimate of drug-likeness (QED) is 0.445. The summed E-state index contributed by atoms with van der Waals surface area (Å²) in [5, 5.41) is 4.68. The van der Waals surface area contributed by atoms with Gasteiger partial charge in [-0.15, -0.1) is 0 Å². The van der Waals surface area contributed by atoms with Crippen LogP contribution in [0.15, 0.2) is 24.3 Å². The van der Waals surface area contributed by atoms with Gasteiger partial charge in [-0.1, -0.05) is 12.1 Å². The molecule has 148 valence electrons. The van der Waals surface area contributed by atoms with Crippen molar-refractivity contribution in [3.63, 3.8) is 0 Å². The third kappa shape index (κ3) is 7.82. The Labute approximate surface area is 155 Å². The van der Waals surface area contributed by atoms with E-state index in [-0.39, 0.29) is 13.0 Å². The van der Waals surface area contributed by atoms with Crippen molar-refractivity contribution in [2.45, 2.75) is 24.9 Å². The standard InChI is InChI=1S/C17H22FN3O6/c1-26-9-13(17(25)27-2)21-16(24)12(8-14(19)22)20-15(23)7-10-4-3-5-11(18)6-10/h3-6,12-13H,7-9H2,1-2H3,(H2,19,22)(H,20,23)(H,21,24). The van der Waals surface area contributed by atoms with Gasteiger partial charge in [0.25, 0.3) is 0 Å². The van der Waals surface area contributed by atoms with Gasteiger partial charge in [-0.25, -0.2) is 9.18 Å². The Hall–Kier alpha value is -3.01. The van der Waals surface area contributed by atoms with Crippen LogP contribution in [0, 0.1) is 5.82 Å². The first-order valence-corrected chi connectivity index (χ1v) is 7.96. The van der Waals surface area contributed by atoms with Gasteiger partial charge in [0.15, 0.2) is 6.04 Å². The molecule has 2 atom stereocenters. The fraction of sp³-hybridized carbons (Fsp3) is 0.412. The second-order valence-electron chi connectivity index (χ2n) is 5.64. The number of esters is 1. The maximum Gasteiger partial charge on any atom is 0.330 e. The molecule has 27 heavy (non-hydrogen) atoms. The van der Waals surface area contributed by atoms with Crippen molar-refractivity contribution < 1.29 is 33.0 Å². The zero-order chi connectivity index (χ0) is 20.4. The number of amides is 3. The van der Waals surface area contributed by atoms with Gasteiger partial charge in [-0.2, -0.15) is 0 Å². The number of methoxy groups -OCH3 is 2. The average molecular weight is 383 g/mol. The van der Waals surface area contributed by atoms with Gasteiger partial charge in [0.05, 0.1) is 26.6 Å². The van der Waals surface area contributed by atoms with Crippen LogP contribution in [0.1, 0.15) is 12.0 Å². The summed E-state index contributed by atoms with van der Waals surface area (Å²) in [6, 6.07) is 2.95. The Morgan fingerprint density at radius 2 is 1.85 bits per heavy atom. The van der Waals surface area contributed by atoms with Gasteiger partial charge in [0, 0.05) is 7.11 Å². The molecular weight excluding hydrogens is 361 g/mol. The van der Waals surface area contributed by atoms with E-state index in [0.29, 0.717) is 5.56 Å². The molecule has 0 bridgehead atoms. The number of halogens is 1. The summed E-state index contributed by atoms with van der Waals surface area (Å²) < 4.78 is 22.6. The van der Waals surface area contributed by atoms with Crippen LogP contribution in [-0.2, 0) is 35.1 Å². The highest BCUT2D eigenvalue weighted by molar-refractivity contribution is 5.94. The van der Waals surface area contributed by atoms with Gasteiger partial charge < -0.3 is 25.8 Å². The molecule has 1 rings (SSSR count). The number of carbonyl (C=O) groups is 4. The molecule has 0 aliphatic rings. The molecule has 10 heteroatoms. The van der Waals surface area contributed by atoms with Crippen LogP contribution in [0.4, 0.5) is 4.39 Å². The second kappa shape index (κ2) is 10.9. The van der Waals surface area contributed by atoms with Crippen molar-refractivity contribution in [3.8, 4) is 0 Å². The van der Waals surface area contributed by atoms with E-state index >= 15 is 0 Å². The Morgan fingerprint density at radius 1 is 1.15 bits per heavy atom. The molecule has 0 heterocycles. The average Bonchev–Trinajstić information content (AvgIpc) is 2.59. The lowest BCUT2D eigenvalue weighted by molar-refractivity contribution is -0.147. The number of nitrogens with two attached hydrogens (primary N) is 1. The van der Waals surface area contributed by atoms with Crippen molar-refractivity contribution in [1.29, 1.82) is 0 Å². The highest BCUT2D eigenvalue weighted by Gasteiger charge is 2.28. The Kier molecular flexibility index (Phi) is 8.86. The molecule has 0 saturated carbocycles. The lowest BCUT2D eigenvalue weighted by Gasteiger charge is -2.21. The van der Waals surface area contributed by atoms with Crippen molar-refractivity contribution in [1.82, 2.24) is 10.6 Å². The molecule has 2 unspecified atom stereocenters. The molecule has 0 spiro atoms. The van der Waals surface area contributed by atoms with Crippen LogP contribution in [0.5, 0.6) is 0 Å². The Balaban J connectivity index is 2.80. The number of primary amides is 1. The minimum absolute atomic E-state index is 0.168. The van der Waals surface area contributed by atoms with E-state index in [1.54, 1.807) is 0 Å². The van der Waals surface area contributed by atoms with E-state index < -0.39 is 48.0 Å². The fourth-order valence-corrected chi connectivity index (χ4v) is 2.24. The zero-order valence-corrected chi connectivity index (χ0v) is 15.0. The van der Waals surface area contributed by atoms with E-state index in [1.165, 1.54) is 31.4 Å². The highest BCUT2D eigenvalue weighted by Crippen LogP contribution is 2.05. The first kappa shape index (κ1) is 22.0. The predicted molar refractivity (Wildman–Crippen MR) is 91.7 cm³/mol. The van der Waals surface area contributed by atoms with Gasteiger partial charge in [0.2, 0.25) is 17.7 Å². The molecule has 0 aliphatic carbocycles. The van der Waals surface area contributed by atoms with Crippen LogP contribution in [-0.4, -0.2) is 56.6 Å². The van der Waals surface area contributed by atoms with Gasteiger partial charge >= 0.3 is 5.97 Å². The molecule has 0 aromatic heterocycles. The number of hydrogen-bond donors (Lipinski definition) is 3. The summed E-state index contributed by atoms with van der Waals surface area (Å²) in [6.07, 6.45) is -0.694. The van der Waals surface area contributed by atoms with Crippen molar-refractivity contribution in [2.24, 2.45) is 5.73 Å². The molecular formula is C17H22FN3O6. The minimum Gasteiger partial charge on any atom is -0.467 e.